The number of benzene rings is 1. The van der Waals surface area contributed by atoms with Crippen LogP contribution in [-0.4, -0.2) is 4.98 Å². The Balaban J connectivity index is 2.52. The van der Waals surface area contributed by atoms with Crippen molar-refractivity contribution in [2.45, 2.75) is 19.7 Å². The van der Waals surface area contributed by atoms with Crippen LogP contribution in [0.5, 0.6) is 0 Å². The highest BCUT2D eigenvalue weighted by atomic mass is 35.5. The molecule has 0 fully saturated rings. The maximum atomic E-state index is 6.15. The number of halogens is 2. The zero-order valence-corrected chi connectivity index (χ0v) is 11.3. The molecule has 0 saturated carbocycles. The summed E-state index contributed by atoms with van der Waals surface area (Å²) in [5.74, 6) is 0.501. The van der Waals surface area contributed by atoms with E-state index in [-0.39, 0.29) is 0 Å². The van der Waals surface area contributed by atoms with Crippen LogP contribution in [0.3, 0.4) is 0 Å². The first-order valence-corrected chi connectivity index (χ1v) is 6.31. The third kappa shape index (κ3) is 2.62. The minimum absolute atomic E-state index is 0.501. The smallest absolute Gasteiger partial charge is 0.0705 e. The van der Waals surface area contributed by atoms with Crippen LogP contribution < -0.4 is 0 Å². The van der Waals surface area contributed by atoms with Crippen LogP contribution in [0.2, 0.25) is 5.02 Å². The van der Waals surface area contributed by atoms with Gasteiger partial charge in [0.15, 0.2) is 0 Å². The highest BCUT2D eigenvalue weighted by Crippen LogP contribution is 2.27. The highest BCUT2D eigenvalue weighted by molar-refractivity contribution is 6.32. The van der Waals surface area contributed by atoms with Crippen LogP contribution in [-0.2, 0) is 5.88 Å². The molecule has 1 aromatic carbocycles. The third-order valence-electron chi connectivity index (χ3n) is 2.71. The van der Waals surface area contributed by atoms with Gasteiger partial charge in [-0.25, -0.2) is 0 Å². The van der Waals surface area contributed by atoms with E-state index >= 15 is 0 Å². The molecule has 0 aliphatic heterocycles. The van der Waals surface area contributed by atoms with Gasteiger partial charge in [0, 0.05) is 22.7 Å². The molecule has 1 heterocycles. The average Bonchev–Trinajstić information content (AvgIpc) is 2.35. The predicted octanol–water partition coefficient (Wildman–Crippen LogP) is 4.76. The standard InChI is InChI=1S/C14H13Cl2N/c1-9-5-12(6-10(2)14(9)16)13-7-11(8-15)3-4-17-13/h3-7H,8H2,1-2H3. The topological polar surface area (TPSA) is 12.9 Å². The molecule has 0 saturated heterocycles. The number of hydrogen-bond donors (Lipinski definition) is 0. The van der Waals surface area contributed by atoms with Crippen molar-refractivity contribution >= 4 is 23.2 Å². The molecule has 2 aromatic rings. The molecule has 1 aromatic heterocycles. The van der Waals surface area contributed by atoms with E-state index < -0.39 is 0 Å². The molecule has 17 heavy (non-hydrogen) atoms. The summed E-state index contributed by atoms with van der Waals surface area (Å²) in [7, 11) is 0. The molecule has 0 spiro atoms. The summed E-state index contributed by atoms with van der Waals surface area (Å²) in [5.41, 5.74) is 5.23. The van der Waals surface area contributed by atoms with Gasteiger partial charge in [0.05, 0.1) is 5.69 Å². The lowest BCUT2D eigenvalue weighted by atomic mass is 10.0. The van der Waals surface area contributed by atoms with Crippen molar-refractivity contribution in [3.63, 3.8) is 0 Å². The monoisotopic (exact) mass is 265 g/mol. The highest BCUT2D eigenvalue weighted by Gasteiger charge is 2.06. The van der Waals surface area contributed by atoms with E-state index in [2.05, 4.69) is 17.1 Å². The molecule has 0 aliphatic carbocycles. The Bertz CT molecular complexity index is 527. The van der Waals surface area contributed by atoms with Crippen molar-refractivity contribution < 1.29 is 0 Å². The van der Waals surface area contributed by atoms with Crippen molar-refractivity contribution in [3.8, 4) is 11.3 Å². The molecule has 0 unspecified atom stereocenters. The lowest BCUT2D eigenvalue weighted by Gasteiger charge is -2.08. The van der Waals surface area contributed by atoms with Crippen LogP contribution >= 0.6 is 23.2 Å². The summed E-state index contributed by atoms with van der Waals surface area (Å²) in [6, 6.07) is 8.03. The first kappa shape index (κ1) is 12.4. The largest absolute Gasteiger partial charge is 0.256 e. The Morgan fingerprint density at radius 3 is 2.35 bits per heavy atom. The normalized spacial score (nSPS) is 10.6. The van der Waals surface area contributed by atoms with Crippen molar-refractivity contribution in [2.75, 3.05) is 0 Å². The molecular weight excluding hydrogens is 253 g/mol. The predicted molar refractivity (Wildman–Crippen MR) is 73.7 cm³/mol. The van der Waals surface area contributed by atoms with Gasteiger partial charge in [0.2, 0.25) is 0 Å². The lowest BCUT2D eigenvalue weighted by Crippen LogP contribution is -1.89. The minimum atomic E-state index is 0.501. The Kier molecular flexibility index (Phi) is 3.70. The van der Waals surface area contributed by atoms with Crippen molar-refractivity contribution in [1.82, 2.24) is 4.98 Å². The first-order valence-electron chi connectivity index (χ1n) is 5.40. The molecule has 0 radical (unpaired) electrons. The molecule has 2 rings (SSSR count). The van der Waals surface area contributed by atoms with E-state index in [0.29, 0.717) is 5.88 Å². The zero-order chi connectivity index (χ0) is 12.4. The molecule has 88 valence electrons. The summed E-state index contributed by atoms with van der Waals surface area (Å²) in [4.78, 5) is 4.37. The van der Waals surface area contributed by atoms with Gasteiger partial charge in [0.25, 0.3) is 0 Å². The quantitative estimate of drug-likeness (QED) is 0.714. The molecule has 0 N–H and O–H groups in total. The van der Waals surface area contributed by atoms with Gasteiger partial charge in [-0.15, -0.1) is 11.6 Å². The Labute approximate surface area is 111 Å². The van der Waals surface area contributed by atoms with E-state index in [1.807, 2.05) is 26.0 Å². The van der Waals surface area contributed by atoms with Crippen LogP contribution in [0, 0.1) is 13.8 Å². The third-order valence-corrected chi connectivity index (χ3v) is 3.62. The number of hydrogen-bond acceptors (Lipinski definition) is 1. The van der Waals surface area contributed by atoms with Gasteiger partial charge < -0.3 is 0 Å². The molecule has 3 heteroatoms. The van der Waals surface area contributed by atoms with Gasteiger partial charge in [-0.1, -0.05) is 11.6 Å². The Morgan fingerprint density at radius 2 is 1.76 bits per heavy atom. The minimum Gasteiger partial charge on any atom is -0.256 e. The summed E-state index contributed by atoms with van der Waals surface area (Å²) in [6.45, 7) is 4.01. The molecule has 0 bridgehead atoms. The lowest BCUT2D eigenvalue weighted by molar-refractivity contribution is 1.26. The van der Waals surface area contributed by atoms with Crippen molar-refractivity contribution in [3.05, 3.63) is 52.2 Å². The fourth-order valence-electron chi connectivity index (χ4n) is 1.81. The molecule has 1 nitrogen and oxygen atoms in total. The fraction of sp³-hybridized carbons (Fsp3) is 0.214. The maximum absolute atomic E-state index is 6.15. The van der Waals surface area contributed by atoms with Crippen molar-refractivity contribution in [1.29, 1.82) is 0 Å². The second-order valence-electron chi connectivity index (χ2n) is 4.11. The number of nitrogens with zero attached hydrogens (tertiary/aromatic N) is 1. The van der Waals surface area contributed by atoms with Crippen LogP contribution in [0.4, 0.5) is 0 Å². The van der Waals surface area contributed by atoms with E-state index in [1.54, 1.807) is 6.20 Å². The maximum Gasteiger partial charge on any atom is 0.0705 e. The Hall–Kier alpha value is -1.05. The number of aryl methyl sites for hydroxylation is 2. The van der Waals surface area contributed by atoms with E-state index in [4.69, 9.17) is 23.2 Å². The van der Waals surface area contributed by atoms with Crippen LogP contribution in [0.25, 0.3) is 11.3 Å². The van der Waals surface area contributed by atoms with Crippen molar-refractivity contribution in [2.24, 2.45) is 0 Å². The SMILES string of the molecule is Cc1cc(-c2cc(CCl)ccn2)cc(C)c1Cl. The molecule has 0 amide bonds. The van der Waals surface area contributed by atoms with Gasteiger partial charge in [-0.05, 0) is 54.8 Å². The summed E-state index contributed by atoms with van der Waals surface area (Å²) < 4.78 is 0. The van der Waals surface area contributed by atoms with Gasteiger partial charge in [0.1, 0.15) is 0 Å². The molecule has 0 atom stereocenters. The van der Waals surface area contributed by atoms with Crippen LogP contribution in [0.1, 0.15) is 16.7 Å². The summed E-state index contributed by atoms with van der Waals surface area (Å²) >= 11 is 12.0. The average molecular weight is 266 g/mol. The van der Waals surface area contributed by atoms with Crippen LogP contribution in [0.15, 0.2) is 30.5 Å². The number of aromatic nitrogens is 1. The Morgan fingerprint density at radius 1 is 1.12 bits per heavy atom. The van der Waals surface area contributed by atoms with E-state index in [0.717, 1.165) is 33.0 Å². The second-order valence-corrected chi connectivity index (χ2v) is 4.75. The van der Waals surface area contributed by atoms with Gasteiger partial charge in [-0.2, -0.15) is 0 Å². The first-order chi connectivity index (χ1) is 8.11. The summed E-state index contributed by atoms with van der Waals surface area (Å²) in [5, 5.41) is 0.822. The number of rotatable bonds is 2. The molecular formula is C14H13Cl2N. The van der Waals surface area contributed by atoms with E-state index in [9.17, 15) is 0 Å². The fourth-order valence-corrected chi connectivity index (χ4v) is 2.08. The number of pyridine rings is 1. The van der Waals surface area contributed by atoms with E-state index in [1.165, 1.54) is 0 Å². The summed E-state index contributed by atoms with van der Waals surface area (Å²) in [6.07, 6.45) is 1.78. The number of alkyl halides is 1. The van der Waals surface area contributed by atoms with Gasteiger partial charge in [-0.3, -0.25) is 4.98 Å². The second kappa shape index (κ2) is 5.07. The molecule has 0 aliphatic rings. The zero-order valence-electron chi connectivity index (χ0n) is 9.80. The van der Waals surface area contributed by atoms with Gasteiger partial charge >= 0.3 is 0 Å².